The number of nitrogens with zero attached hydrogens (tertiary/aromatic N) is 1. The maximum absolute atomic E-state index is 13.5. The van der Waals surface area contributed by atoms with Crippen molar-refractivity contribution in [1.82, 2.24) is 10.2 Å². The molecule has 3 N–H and O–H groups in total. The van der Waals surface area contributed by atoms with Crippen LogP contribution in [0.25, 0.3) is 0 Å². The van der Waals surface area contributed by atoms with Gasteiger partial charge in [-0.1, -0.05) is 6.92 Å². The molecular formula is C23H31N3O6. The highest BCUT2D eigenvalue weighted by molar-refractivity contribution is 6.03. The molecule has 0 radical (unpaired) electrons. The van der Waals surface area contributed by atoms with E-state index in [1.807, 2.05) is 6.92 Å². The lowest BCUT2D eigenvalue weighted by atomic mass is 9.70. The van der Waals surface area contributed by atoms with Crippen molar-refractivity contribution in [2.24, 2.45) is 11.8 Å². The highest BCUT2D eigenvalue weighted by Crippen LogP contribution is 2.58. The quantitative estimate of drug-likeness (QED) is 0.520. The molecule has 9 heteroatoms. The lowest BCUT2D eigenvalue weighted by molar-refractivity contribution is -0.141. The summed E-state index contributed by atoms with van der Waals surface area (Å²) in [6.07, 6.45) is 1.95. The Morgan fingerprint density at radius 3 is 2.69 bits per heavy atom. The van der Waals surface area contributed by atoms with Gasteiger partial charge in [0.1, 0.15) is 17.4 Å². The standard InChI is InChI=1S/C23H31N3O6/c1-3-11-24-20(28)17-16-9-10-23(32-16)18(17)22(30)26(12-4-13-27)19(23)21(29)25-14-5-7-15(31-2)8-6-14/h5-8,16-19,27H,3-4,9-13H2,1-2H3,(H,24,28)(H,25,29)/t16-,17+,18+,19?,23?/m1/s1. The number of fused-ring (bicyclic) bond motifs is 1. The zero-order valence-corrected chi connectivity index (χ0v) is 18.5. The Morgan fingerprint density at radius 1 is 1.28 bits per heavy atom. The summed E-state index contributed by atoms with van der Waals surface area (Å²) in [7, 11) is 1.57. The van der Waals surface area contributed by atoms with Gasteiger partial charge in [0.05, 0.1) is 25.0 Å². The van der Waals surface area contributed by atoms with E-state index >= 15 is 0 Å². The first-order chi connectivity index (χ1) is 15.5. The molecule has 9 nitrogen and oxygen atoms in total. The molecule has 3 heterocycles. The van der Waals surface area contributed by atoms with E-state index in [0.29, 0.717) is 37.2 Å². The first-order valence-corrected chi connectivity index (χ1v) is 11.3. The van der Waals surface area contributed by atoms with Crippen LogP contribution < -0.4 is 15.4 Å². The number of carbonyl (C=O) groups excluding carboxylic acids is 3. The Bertz CT molecular complexity index is 875. The van der Waals surface area contributed by atoms with Crippen LogP contribution in [-0.2, 0) is 19.1 Å². The predicted octanol–water partition coefficient (Wildman–Crippen LogP) is 0.917. The van der Waals surface area contributed by atoms with E-state index in [-0.39, 0.29) is 37.0 Å². The van der Waals surface area contributed by atoms with E-state index in [1.54, 1.807) is 31.4 Å². The third-order valence-electron chi connectivity index (χ3n) is 6.82. The number of ether oxygens (including phenoxy) is 2. The summed E-state index contributed by atoms with van der Waals surface area (Å²) in [5.41, 5.74) is -0.447. The van der Waals surface area contributed by atoms with Crippen LogP contribution in [0.15, 0.2) is 24.3 Å². The minimum Gasteiger partial charge on any atom is -0.497 e. The van der Waals surface area contributed by atoms with Crippen LogP contribution in [0.5, 0.6) is 5.75 Å². The molecular weight excluding hydrogens is 414 g/mol. The monoisotopic (exact) mass is 445 g/mol. The number of amides is 3. The molecule has 1 spiro atoms. The molecule has 0 aromatic heterocycles. The van der Waals surface area contributed by atoms with E-state index in [4.69, 9.17) is 9.47 Å². The van der Waals surface area contributed by atoms with Gasteiger partial charge in [0.15, 0.2) is 0 Å². The van der Waals surface area contributed by atoms with Crippen molar-refractivity contribution >= 4 is 23.4 Å². The fourth-order valence-electron chi connectivity index (χ4n) is 5.49. The Balaban J connectivity index is 1.63. The highest BCUT2D eigenvalue weighted by atomic mass is 16.5. The first-order valence-electron chi connectivity index (χ1n) is 11.3. The van der Waals surface area contributed by atoms with E-state index in [0.717, 1.165) is 6.42 Å². The molecule has 2 bridgehead atoms. The number of anilines is 1. The Morgan fingerprint density at radius 2 is 2.03 bits per heavy atom. The van der Waals surface area contributed by atoms with Crippen molar-refractivity contribution in [1.29, 1.82) is 0 Å². The SMILES string of the molecule is CCCNC(=O)[C@@H]1[C@H]2C(=O)N(CCCO)C(C(=O)Nc3ccc(OC)cc3)C23CC[C@H]1O3. The lowest BCUT2D eigenvalue weighted by Gasteiger charge is -2.33. The average molecular weight is 446 g/mol. The molecule has 0 aliphatic carbocycles. The van der Waals surface area contributed by atoms with Gasteiger partial charge in [-0.15, -0.1) is 0 Å². The van der Waals surface area contributed by atoms with Crippen LogP contribution in [0, 0.1) is 11.8 Å². The number of nitrogens with one attached hydrogen (secondary N) is 2. The van der Waals surface area contributed by atoms with E-state index < -0.39 is 23.5 Å². The summed E-state index contributed by atoms with van der Waals surface area (Å²) >= 11 is 0. The average Bonchev–Trinajstić information content (AvgIpc) is 3.43. The number of aliphatic hydroxyl groups excluding tert-OH is 1. The molecule has 32 heavy (non-hydrogen) atoms. The van der Waals surface area contributed by atoms with Crippen molar-refractivity contribution in [3.05, 3.63) is 24.3 Å². The van der Waals surface area contributed by atoms with Crippen LogP contribution in [-0.4, -0.2) is 72.3 Å². The number of likely N-dealkylation sites (tertiary alicyclic amines) is 1. The third kappa shape index (κ3) is 3.63. The summed E-state index contributed by atoms with van der Waals surface area (Å²) in [4.78, 5) is 41.4. The van der Waals surface area contributed by atoms with Crippen LogP contribution in [0.1, 0.15) is 32.6 Å². The van der Waals surface area contributed by atoms with Gasteiger partial charge in [-0.25, -0.2) is 0 Å². The van der Waals surface area contributed by atoms with Gasteiger partial charge in [0.2, 0.25) is 17.7 Å². The molecule has 0 saturated carbocycles. The number of rotatable bonds is 9. The molecule has 2 unspecified atom stereocenters. The molecule has 3 aliphatic rings. The second kappa shape index (κ2) is 9.07. The fourth-order valence-corrected chi connectivity index (χ4v) is 5.49. The van der Waals surface area contributed by atoms with Crippen molar-refractivity contribution in [2.45, 2.75) is 50.4 Å². The minimum atomic E-state index is -1.03. The molecule has 174 valence electrons. The summed E-state index contributed by atoms with van der Waals surface area (Å²) in [6.45, 7) is 2.63. The van der Waals surface area contributed by atoms with Crippen LogP contribution in [0.2, 0.25) is 0 Å². The zero-order valence-electron chi connectivity index (χ0n) is 18.5. The Labute approximate surface area is 187 Å². The second-order valence-corrected chi connectivity index (χ2v) is 8.67. The van der Waals surface area contributed by atoms with Gasteiger partial charge < -0.3 is 30.1 Å². The van der Waals surface area contributed by atoms with E-state index in [9.17, 15) is 19.5 Å². The Hall–Kier alpha value is -2.65. The predicted molar refractivity (Wildman–Crippen MR) is 116 cm³/mol. The second-order valence-electron chi connectivity index (χ2n) is 8.67. The largest absolute Gasteiger partial charge is 0.497 e. The van der Waals surface area contributed by atoms with E-state index in [1.165, 1.54) is 4.90 Å². The van der Waals surface area contributed by atoms with Gasteiger partial charge in [-0.2, -0.15) is 0 Å². The van der Waals surface area contributed by atoms with Crippen molar-refractivity contribution in [2.75, 3.05) is 32.1 Å². The number of hydrogen-bond acceptors (Lipinski definition) is 6. The zero-order chi connectivity index (χ0) is 22.9. The van der Waals surface area contributed by atoms with E-state index in [2.05, 4.69) is 10.6 Å². The first kappa shape index (κ1) is 22.5. The highest BCUT2D eigenvalue weighted by Gasteiger charge is 2.74. The molecule has 3 aliphatic heterocycles. The smallest absolute Gasteiger partial charge is 0.250 e. The van der Waals surface area contributed by atoms with Crippen LogP contribution in [0.3, 0.4) is 0 Å². The lowest BCUT2D eigenvalue weighted by Crippen LogP contribution is -2.53. The minimum absolute atomic E-state index is 0.0990. The van der Waals surface area contributed by atoms with Gasteiger partial charge in [-0.3, -0.25) is 14.4 Å². The molecule has 1 aromatic rings. The van der Waals surface area contributed by atoms with Crippen molar-refractivity contribution in [3.63, 3.8) is 0 Å². The number of benzene rings is 1. The number of carbonyl (C=O) groups is 3. The van der Waals surface area contributed by atoms with Gasteiger partial charge >= 0.3 is 0 Å². The molecule has 4 rings (SSSR count). The van der Waals surface area contributed by atoms with Gasteiger partial charge in [-0.05, 0) is 49.9 Å². The molecule has 1 aromatic carbocycles. The molecule has 3 fully saturated rings. The summed E-state index contributed by atoms with van der Waals surface area (Å²) in [5, 5.41) is 15.1. The topological polar surface area (TPSA) is 117 Å². The molecule has 5 atom stereocenters. The van der Waals surface area contributed by atoms with Gasteiger partial charge in [0, 0.05) is 25.4 Å². The molecule has 3 saturated heterocycles. The van der Waals surface area contributed by atoms with Crippen molar-refractivity contribution in [3.8, 4) is 5.75 Å². The number of aliphatic hydroxyl groups is 1. The Kier molecular flexibility index (Phi) is 6.39. The molecule has 3 amide bonds. The van der Waals surface area contributed by atoms with Crippen molar-refractivity contribution < 1.29 is 29.0 Å². The maximum atomic E-state index is 13.5. The van der Waals surface area contributed by atoms with Gasteiger partial charge in [0.25, 0.3) is 0 Å². The maximum Gasteiger partial charge on any atom is 0.250 e. The normalized spacial score (nSPS) is 30.3. The van der Waals surface area contributed by atoms with Crippen LogP contribution in [0.4, 0.5) is 5.69 Å². The fraction of sp³-hybridized carbons (Fsp3) is 0.609. The number of hydrogen-bond donors (Lipinski definition) is 3. The van der Waals surface area contributed by atoms with Crippen LogP contribution >= 0.6 is 0 Å². The summed E-state index contributed by atoms with van der Waals surface area (Å²) in [5.74, 6) is -1.40. The third-order valence-corrected chi connectivity index (χ3v) is 6.82. The summed E-state index contributed by atoms with van der Waals surface area (Å²) in [6, 6.07) is 6.09. The number of methoxy groups -OCH3 is 1. The summed E-state index contributed by atoms with van der Waals surface area (Å²) < 4.78 is 11.5.